The van der Waals surface area contributed by atoms with Crippen molar-refractivity contribution in [3.05, 3.63) is 65.9 Å². The number of amides is 1. The second-order valence-electron chi connectivity index (χ2n) is 5.01. The topological polar surface area (TPSA) is 68.3 Å². The quantitative estimate of drug-likeness (QED) is 0.721. The van der Waals surface area contributed by atoms with Gasteiger partial charge in [0.25, 0.3) is 5.91 Å². The van der Waals surface area contributed by atoms with Crippen LogP contribution in [0, 0.1) is 0 Å². The molecule has 0 aliphatic carbocycles. The van der Waals surface area contributed by atoms with E-state index in [1.165, 1.54) is 0 Å². The Morgan fingerprint density at radius 2 is 1.95 bits per heavy atom. The Hall–Kier alpha value is -2.75. The minimum Gasteiger partial charge on any atom is -0.451 e. The maximum atomic E-state index is 12.2. The summed E-state index contributed by atoms with van der Waals surface area (Å²) in [7, 11) is 0. The highest BCUT2D eigenvalue weighted by Crippen LogP contribution is 2.20. The number of carbonyl (C=O) groups excluding carboxylic acids is 1. The SMILES string of the molecule is CC(NC(=O)c1cc2ccccc2o1)c1cccc(N)c1. The molecule has 0 spiro atoms. The van der Waals surface area contributed by atoms with Gasteiger partial charge in [0, 0.05) is 11.1 Å². The summed E-state index contributed by atoms with van der Waals surface area (Å²) in [6.07, 6.45) is 0. The van der Waals surface area contributed by atoms with E-state index in [2.05, 4.69) is 5.32 Å². The van der Waals surface area contributed by atoms with E-state index in [1.54, 1.807) is 6.07 Å². The first-order chi connectivity index (χ1) is 10.1. The van der Waals surface area contributed by atoms with Gasteiger partial charge in [0.15, 0.2) is 5.76 Å². The molecule has 106 valence electrons. The normalized spacial score (nSPS) is 12.2. The zero-order valence-corrected chi connectivity index (χ0v) is 11.7. The fourth-order valence-corrected chi connectivity index (χ4v) is 2.27. The Balaban J connectivity index is 1.79. The molecule has 21 heavy (non-hydrogen) atoms. The summed E-state index contributed by atoms with van der Waals surface area (Å²) in [5.41, 5.74) is 8.10. The second-order valence-corrected chi connectivity index (χ2v) is 5.01. The average Bonchev–Trinajstić information content (AvgIpc) is 2.91. The third-order valence-electron chi connectivity index (χ3n) is 3.41. The van der Waals surface area contributed by atoms with Gasteiger partial charge >= 0.3 is 0 Å². The van der Waals surface area contributed by atoms with E-state index in [0.29, 0.717) is 17.0 Å². The molecule has 3 aromatic rings. The molecule has 3 rings (SSSR count). The molecular weight excluding hydrogens is 264 g/mol. The number of para-hydroxylation sites is 1. The van der Waals surface area contributed by atoms with Gasteiger partial charge in [0.05, 0.1) is 6.04 Å². The number of nitrogens with two attached hydrogens (primary N) is 1. The monoisotopic (exact) mass is 280 g/mol. The van der Waals surface area contributed by atoms with Crippen molar-refractivity contribution < 1.29 is 9.21 Å². The number of nitrogen functional groups attached to an aromatic ring is 1. The Labute approximate surface area is 122 Å². The van der Waals surface area contributed by atoms with Gasteiger partial charge in [-0.05, 0) is 36.8 Å². The number of benzene rings is 2. The van der Waals surface area contributed by atoms with Crippen LogP contribution in [0.2, 0.25) is 0 Å². The van der Waals surface area contributed by atoms with Crippen LogP contribution in [0.3, 0.4) is 0 Å². The molecule has 1 atom stereocenters. The maximum absolute atomic E-state index is 12.2. The predicted molar refractivity (Wildman–Crippen MR) is 82.9 cm³/mol. The number of nitrogens with one attached hydrogen (secondary N) is 1. The first-order valence-electron chi connectivity index (χ1n) is 6.78. The zero-order valence-electron chi connectivity index (χ0n) is 11.7. The number of furan rings is 1. The zero-order chi connectivity index (χ0) is 14.8. The molecule has 1 heterocycles. The fourth-order valence-electron chi connectivity index (χ4n) is 2.27. The van der Waals surface area contributed by atoms with Gasteiger partial charge in [-0.25, -0.2) is 0 Å². The van der Waals surface area contributed by atoms with Crippen molar-refractivity contribution in [2.75, 3.05) is 5.73 Å². The van der Waals surface area contributed by atoms with Crippen LogP contribution in [0.15, 0.2) is 59.0 Å². The van der Waals surface area contributed by atoms with Gasteiger partial charge in [-0.1, -0.05) is 30.3 Å². The lowest BCUT2D eigenvalue weighted by atomic mass is 10.1. The minimum atomic E-state index is -0.235. The Kier molecular flexibility index (Phi) is 3.36. The third-order valence-corrected chi connectivity index (χ3v) is 3.41. The van der Waals surface area contributed by atoms with Gasteiger partial charge in [-0.15, -0.1) is 0 Å². The van der Waals surface area contributed by atoms with Gasteiger partial charge < -0.3 is 15.5 Å². The summed E-state index contributed by atoms with van der Waals surface area (Å²) in [6, 6.07) is 16.6. The van der Waals surface area contributed by atoms with Gasteiger partial charge in [-0.2, -0.15) is 0 Å². The molecule has 4 heteroatoms. The summed E-state index contributed by atoms with van der Waals surface area (Å²) >= 11 is 0. The lowest BCUT2D eigenvalue weighted by Gasteiger charge is -2.13. The van der Waals surface area contributed by atoms with E-state index < -0.39 is 0 Å². The standard InChI is InChI=1S/C17H16N2O2/c1-11(12-6-4-7-14(18)9-12)19-17(20)16-10-13-5-2-3-8-15(13)21-16/h2-11H,18H2,1H3,(H,19,20). The number of carbonyl (C=O) groups is 1. The summed E-state index contributed by atoms with van der Waals surface area (Å²) in [4.78, 5) is 12.2. The first-order valence-corrected chi connectivity index (χ1v) is 6.78. The van der Waals surface area contributed by atoms with E-state index in [1.807, 2.05) is 55.5 Å². The van der Waals surface area contributed by atoms with Crippen molar-refractivity contribution in [1.29, 1.82) is 0 Å². The smallest absolute Gasteiger partial charge is 0.287 e. The van der Waals surface area contributed by atoms with E-state index >= 15 is 0 Å². The molecule has 1 unspecified atom stereocenters. The molecule has 0 aliphatic rings. The maximum Gasteiger partial charge on any atom is 0.287 e. The van der Waals surface area contributed by atoms with Crippen LogP contribution in [-0.4, -0.2) is 5.91 Å². The Morgan fingerprint density at radius 3 is 2.71 bits per heavy atom. The van der Waals surface area contributed by atoms with Crippen molar-refractivity contribution in [1.82, 2.24) is 5.32 Å². The van der Waals surface area contributed by atoms with Crippen molar-refractivity contribution in [2.24, 2.45) is 0 Å². The van der Waals surface area contributed by atoms with E-state index in [-0.39, 0.29) is 11.9 Å². The summed E-state index contributed by atoms with van der Waals surface area (Å²) in [6.45, 7) is 1.91. The highest BCUT2D eigenvalue weighted by molar-refractivity contribution is 5.96. The molecule has 2 aromatic carbocycles. The summed E-state index contributed by atoms with van der Waals surface area (Å²) in [5.74, 6) is 0.0769. The Morgan fingerprint density at radius 1 is 1.14 bits per heavy atom. The van der Waals surface area contributed by atoms with Crippen LogP contribution in [0.25, 0.3) is 11.0 Å². The molecule has 0 fully saturated rings. The highest BCUT2D eigenvalue weighted by Gasteiger charge is 2.15. The molecule has 0 saturated heterocycles. The Bertz CT molecular complexity index is 759. The minimum absolute atomic E-state index is 0.144. The van der Waals surface area contributed by atoms with Crippen LogP contribution in [0.4, 0.5) is 5.69 Å². The number of rotatable bonds is 3. The van der Waals surface area contributed by atoms with Crippen LogP contribution in [0.1, 0.15) is 29.1 Å². The summed E-state index contributed by atoms with van der Waals surface area (Å²) < 4.78 is 5.55. The van der Waals surface area contributed by atoms with Gasteiger partial charge in [0.2, 0.25) is 0 Å². The van der Waals surface area contributed by atoms with Crippen LogP contribution in [-0.2, 0) is 0 Å². The molecule has 0 bridgehead atoms. The van der Waals surface area contributed by atoms with Gasteiger partial charge in [0.1, 0.15) is 5.58 Å². The van der Waals surface area contributed by atoms with E-state index in [4.69, 9.17) is 10.2 Å². The molecule has 1 aromatic heterocycles. The number of anilines is 1. The first kappa shape index (κ1) is 13.2. The summed E-state index contributed by atoms with van der Waals surface area (Å²) in [5, 5.41) is 3.83. The van der Waals surface area contributed by atoms with Gasteiger partial charge in [-0.3, -0.25) is 4.79 Å². The molecule has 0 aliphatic heterocycles. The lowest BCUT2D eigenvalue weighted by molar-refractivity contribution is 0.0914. The van der Waals surface area contributed by atoms with Crippen molar-refractivity contribution in [2.45, 2.75) is 13.0 Å². The average molecular weight is 280 g/mol. The molecule has 1 amide bonds. The van der Waals surface area contributed by atoms with E-state index in [9.17, 15) is 4.79 Å². The number of fused-ring (bicyclic) bond motifs is 1. The number of hydrogen-bond acceptors (Lipinski definition) is 3. The lowest BCUT2D eigenvalue weighted by Crippen LogP contribution is -2.26. The highest BCUT2D eigenvalue weighted by atomic mass is 16.3. The van der Waals surface area contributed by atoms with Crippen LogP contribution >= 0.6 is 0 Å². The predicted octanol–water partition coefficient (Wildman–Crippen LogP) is 3.51. The van der Waals surface area contributed by atoms with Crippen LogP contribution < -0.4 is 11.1 Å². The molecule has 4 nitrogen and oxygen atoms in total. The number of hydrogen-bond donors (Lipinski definition) is 2. The third kappa shape index (κ3) is 2.74. The molecular formula is C17H16N2O2. The second kappa shape index (κ2) is 5.32. The van der Waals surface area contributed by atoms with Crippen molar-refractivity contribution in [3.8, 4) is 0 Å². The molecule has 0 radical (unpaired) electrons. The largest absolute Gasteiger partial charge is 0.451 e. The molecule has 0 saturated carbocycles. The van der Waals surface area contributed by atoms with Crippen molar-refractivity contribution in [3.63, 3.8) is 0 Å². The molecule has 3 N–H and O–H groups in total. The fraction of sp³-hybridized carbons (Fsp3) is 0.118. The van der Waals surface area contributed by atoms with Crippen molar-refractivity contribution >= 4 is 22.6 Å². The van der Waals surface area contributed by atoms with Crippen LogP contribution in [0.5, 0.6) is 0 Å². The van der Waals surface area contributed by atoms with E-state index in [0.717, 1.165) is 10.9 Å².